The lowest BCUT2D eigenvalue weighted by molar-refractivity contribution is -0.383. The molecule has 0 radical (unpaired) electrons. The molecule has 7 rings (SSSR count). The molecule has 19 atom stereocenters. The zero-order valence-corrected chi connectivity index (χ0v) is 34.2. The van der Waals surface area contributed by atoms with Gasteiger partial charge in [-0.3, -0.25) is 4.79 Å². The molecule has 5 aliphatic carbocycles. The summed E-state index contributed by atoms with van der Waals surface area (Å²) < 4.78 is 24.4. The minimum atomic E-state index is -1.94. The molecule has 7 aliphatic rings. The summed E-state index contributed by atoms with van der Waals surface area (Å²) in [6.07, 6.45) is -7.02. The number of hydrogen-bond donors (Lipinski definition) is 8. The Morgan fingerprint density at radius 1 is 0.643 bits per heavy atom. The van der Waals surface area contributed by atoms with E-state index in [0.29, 0.717) is 25.2 Å². The Balaban J connectivity index is 1.19. The topological polar surface area (TPSA) is 233 Å². The summed E-state index contributed by atoms with van der Waals surface area (Å²) in [5.41, 5.74) is -2.30. The third-order valence-electron chi connectivity index (χ3n) is 18.0. The van der Waals surface area contributed by atoms with Crippen molar-refractivity contribution in [3.05, 3.63) is 0 Å². The highest BCUT2D eigenvalue weighted by molar-refractivity contribution is 5.76. The summed E-state index contributed by atoms with van der Waals surface area (Å²) in [5, 5.41) is 84.4. The molecule has 5 saturated carbocycles. The summed E-state index contributed by atoms with van der Waals surface area (Å²) in [5.74, 6) is -1.62. The molecule has 14 nitrogen and oxygen atoms in total. The van der Waals surface area contributed by atoms with Gasteiger partial charge in [0.1, 0.15) is 42.7 Å². The number of rotatable bonds is 7. The maximum absolute atomic E-state index is 13.3. The van der Waals surface area contributed by atoms with E-state index in [1.807, 2.05) is 6.92 Å². The number of aliphatic carboxylic acids is 2. The SMILES string of the molecule is CC1(C)CCC2(C(=O)O)CCC3(C)C(CCC4C5(C)CCCC(C)(OC6OC(C(=O)O)C(O)C(O)C6OC6OC(CO)C(O)C(O)C6O)C5CCC43C)C2(C)C1. The number of fused-ring (bicyclic) bond motifs is 7. The first-order valence-electron chi connectivity index (χ1n) is 21.1. The van der Waals surface area contributed by atoms with Gasteiger partial charge in [0.15, 0.2) is 18.7 Å². The molecular formula is C42H68O14. The first kappa shape index (κ1) is 42.7. The second-order valence-electron chi connectivity index (χ2n) is 21.1. The predicted octanol–water partition coefficient (Wildman–Crippen LogP) is 3.20. The minimum Gasteiger partial charge on any atom is -0.481 e. The lowest BCUT2D eigenvalue weighted by Gasteiger charge is -2.75. The van der Waals surface area contributed by atoms with Crippen molar-refractivity contribution in [3.8, 4) is 0 Å². The molecular weight excluding hydrogens is 728 g/mol. The number of carbonyl (C=O) groups is 2. The van der Waals surface area contributed by atoms with Crippen LogP contribution in [-0.2, 0) is 28.5 Å². The van der Waals surface area contributed by atoms with Crippen LogP contribution < -0.4 is 0 Å². The van der Waals surface area contributed by atoms with E-state index in [9.17, 15) is 50.4 Å². The van der Waals surface area contributed by atoms with E-state index in [1.54, 1.807) is 0 Å². The van der Waals surface area contributed by atoms with Crippen molar-refractivity contribution in [2.45, 2.75) is 193 Å². The highest BCUT2D eigenvalue weighted by Crippen LogP contribution is 2.79. The van der Waals surface area contributed by atoms with Gasteiger partial charge >= 0.3 is 11.9 Å². The van der Waals surface area contributed by atoms with Crippen molar-refractivity contribution in [1.82, 2.24) is 0 Å². The lowest BCUT2D eigenvalue weighted by atomic mass is 9.29. The number of aliphatic hydroxyl groups excluding tert-OH is 6. The number of hydrogen-bond acceptors (Lipinski definition) is 12. The fourth-order valence-electron chi connectivity index (χ4n) is 15.0. The van der Waals surface area contributed by atoms with Crippen LogP contribution in [0.2, 0.25) is 0 Å². The molecule has 0 bridgehead atoms. The van der Waals surface area contributed by atoms with Crippen LogP contribution in [0, 0.1) is 50.2 Å². The first-order valence-corrected chi connectivity index (χ1v) is 21.1. The van der Waals surface area contributed by atoms with Gasteiger partial charge in [-0.2, -0.15) is 0 Å². The van der Waals surface area contributed by atoms with E-state index in [-0.39, 0.29) is 38.9 Å². The van der Waals surface area contributed by atoms with Crippen molar-refractivity contribution >= 4 is 11.9 Å². The van der Waals surface area contributed by atoms with Gasteiger partial charge < -0.3 is 59.8 Å². The Morgan fingerprint density at radius 2 is 1.29 bits per heavy atom. The number of carboxylic acids is 2. The Bertz CT molecular complexity index is 1520. The Morgan fingerprint density at radius 3 is 1.93 bits per heavy atom. The molecule has 0 aromatic heterocycles. The molecule has 0 spiro atoms. The molecule has 2 heterocycles. The third-order valence-corrected chi connectivity index (χ3v) is 18.0. The van der Waals surface area contributed by atoms with Gasteiger partial charge in [-0.25, -0.2) is 4.79 Å². The highest BCUT2D eigenvalue weighted by Gasteiger charge is 2.74. The maximum Gasteiger partial charge on any atom is 0.335 e. The van der Waals surface area contributed by atoms with Crippen LogP contribution >= 0.6 is 0 Å². The molecule has 2 aliphatic heterocycles. The molecule has 2 saturated heterocycles. The molecule has 19 unspecified atom stereocenters. The van der Waals surface area contributed by atoms with E-state index < -0.39 is 91.0 Å². The van der Waals surface area contributed by atoms with Crippen LogP contribution in [0.25, 0.3) is 0 Å². The van der Waals surface area contributed by atoms with Crippen LogP contribution in [0.1, 0.15) is 126 Å². The van der Waals surface area contributed by atoms with Gasteiger partial charge in [-0.1, -0.05) is 48.0 Å². The van der Waals surface area contributed by atoms with Crippen LogP contribution in [0.5, 0.6) is 0 Å². The highest BCUT2D eigenvalue weighted by atomic mass is 16.8. The summed E-state index contributed by atoms with van der Waals surface area (Å²) in [6.45, 7) is 15.5. The molecule has 8 N–H and O–H groups in total. The Kier molecular flexibility index (Phi) is 10.7. The maximum atomic E-state index is 13.3. The molecule has 14 heteroatoms. The molecule has 320 valence electrons. The predicted molar refractivity (Wildman–Crippen MR) is 199 cm³/mol. The van der Waals surface area contributed by atoms with E-state index >= 15 is 0 Å². The average Bonchev–Trinajstić information content (AvgIpc) is 3.10. The Hall–Kier alpha value is -1.46. The van der Waals surface area contributed by atoms with Crippen LogP contribution in [0.3, 0.4) is 0 Å². The molecule has 0 amide bonds. The van der Waals surface area contributed by atoms with E-state index in [1.165, 1.54) is 0 Å². The normalized spacial score (nSPS) is 55.5. The van der Waals surface area contributed by atoms with E-state index in [4.69, 9.17) is 18.9 Å². The Labute approximate surface area is 330 Å². The second-order valence-corrected chi connectivity index (χ2v) is 21.1. The zero-order valence-electron chi connectivity index (χ0n) is 34.2. The van der Waals surface area contributed by atoms with Crippen molar-refractivity contribution < 1.29 is 69.4 Å². The standard InChI is InChI=1S/C42H68O14/c1-36(2)15-17-42(35(51)52)18-16-39(5)24(40(42,6)20-36)10-9-22-37(3)12-8-13-41(7,23(37)11-14-38(22,39)4)56-34-31(28(47)27(46)30(54-34)32(49)50)55-33-29(48)26(45)25(44)21(19-43)53-33/h21-31,33-34,43-48H,8-20H2,1-7H3,(H,49,50)(H,51,52). The van der Waals surface area contributed by atoms with Gasteiger partial charge in [0.25, 0.3) is 0 Å². The smallest absolute Gasteiger partial charge is 0.335 e. The van der Waals surface area contributed by atoms with Crippen molar-refractivity contribution in [2.24, 2.45) is 50.2 Å². The second kappa shape index (κ2) is 14.1. The quantitative estimate of drug-likeness (QED) is 0.185. The van der Waals surface area contributed by atoms with Gasteiger partial charge in [0.2, 0.25) is 0 Å². The fourth-order valence-corrected chi connectivity index (χ4v) is 15.0. The summed E-state index contributed by atoms with van der Waals surface area (Å²) in [7, 11) is 0. The van der Waals surface area contributed by atoms with Gasteiger partial charge in [-0.05, 0) is 122 Å². The molecule has 7 fully saturated rings. The third kappa shape index (κ3) is 6.00. The van der Waals surface area contributed by atoms with Crippen molar-refractivity contribution in [3.63, 3.8) is 0 Å². The number of carboxylic acid groups (broad SMARTS) is 2. The van der Waals surface area contributed by atoms with E-state index in [2.05, 4.69) is 41.5 Å². The fraction of sp³-hybridized carbons (Fsp3) is 0.952. The number of aliphatic hydroxyl groups is 6. The summed E-state index contributed by atoms with van der Waals surface area (Å²) in [4.78, 5) is 25.6. The molecule has 56 heavy (non-hydrogen) atoms. The van der Waals surface area contributed by atoms with Gasteiger partial charge in [0.05, 0.1) is 17.6 Å². The molecule has 0 aromatic carbocycles. The van der Waals surface area contributed by atoms with Crippen LogP contribution in [0.15, 0.2) is 0 Å². The lowest BCUT2D eigenvalue weighted by Crippen LogP contribution is -2.71. The zero-order chi connectivity index (χ0) is 41.2. The first-order chi connectivity index (χ1) is 26.0. The van der Waals surface area contributed by atoms with E-state index in [0.717, 1.165) is 57.8 Å². The van der Waals surface area contributed by atoms with Gasteiger partial charge in [-0.15, -0.1) is 0 Å². The summed E-state index contributed by atoms with van der Waals surface area (Å²) >= 11 is 0. The van der Waals surface area contributed by atoms with Crippen LogP contribution in [0.4, 0.5) is 0 Å². The minimum absolute atomic E-state index is 0.0170. The molecule has 0 aromatic rings. The number of ether oxygens (including phenoxy) is 4. The van der Waals surface area contributed by atoms with Crippen molar-refractivity contribution in [1.29, 1.82) is 0 Å². The monoisotopic (exact) mass is 796 g/mol. The largest absolute Gasteiger partial charge is 0.481 e. The van der Waals surface area contributed by atoms with Gasteiger partial charge in [0, 0.05) is 0 Å². The van der Waals surface area contributed by atoms with Crippen molar-refractivity contribution in [2.75, 3.05) is 6.61 Å². The summed E-state index contributed by atoms with van der Waals surface area (Å²) in [6, 6.07) is 0. The average molecular weight is 797 g/mol. The van der Waals surface area contributed by atoms with Crippen LogP contribution in [-0.4, -0.2) is 126 Å².